The van der Waals surface area contributed by atoms with E-state index < -0.39 is 5.91 Å². The highest BCUT2D eigenvalue weighted by Gasteiger charge is 2.14. The van der Waals surface area contributed by atoms with Crippen molar-refractivity contribution in [3.05, 3.63) is 85.8 Å². The van der Waals surface area contributed by atoms with Gasteiger partial charge in [-0.15, -0.1) is 0 Å². The Balaban J connectivity index is 1.66. The highest BCUT2D eigenvalue weighted by Crippen LogP contribution is 2.35. The Labute approximate surface area is 232 Å². The van der Waals surface area contributed by atoms with Crippen LogP contribution in [-0.2, 0) is 9.59 Å². The van der Waals surface area contributed by atoms with Crippen LogP contribution < -0.4 is 20.1 Å². The molecule has 3 aromatic carbocycles. The number of halogens is 2. The third-order valence-electron chi connectivity index (χ3n) is 5.26. The Morgan fingerprint density at radius 3 is 2.16 bits per heavy atom. The van der Waals surface area contributed by atoms with Crippen LogP contribution in [0.25, 0.3) is 6.08 Å². The van der Waals surface area contributed by atoms with Gasteiger partial charge in [0.1, 0.15) is 23.1 Å². The molecule has 2 N–H and O–H groups in total. The zero-order valence-corrected chi connectivity index (χ0v) is 23.7. The number of rotatable bonds is 9. The molecule has 7 nitrogen and oxygen atoms in total. The fourth-order valence-electron chi connectivity index (χ4n) is 3.27. The molecule has 3 rings (SSSR count). The summed E-state index contributed by atoms with van der Waals surface area (Å²) in [4.78, 5) is 25.0. The zero-order valence-electron chi connectivity index (χ0n) is 20.5. The minimum atomic E-state index is -0.540. The van der Waals surface area contributed by atoms with Crippen molar-refractivity contribution in [2.75, 3.05) is 23.8 Å². The molecule has 0 aliphatic carbocycles. The predicted octanol–water partition coefficient (Wildman–Crippen LogP) is 6.79. The lowest BCUT2D eigenvalue weighted by Gasteiger charge is -2.12. The Kier molecular flexibility index (Phi) is 9.89. The van der Waals surface area contributed by atoms with Crippen molar-refractivity contribution in [1.29, 1.82) is 5.26 Å². The molecule has 0 radical (unpaired) electrons. The van der Waals surface area contributed by atoms with E-state index in [1.807, 2.05) is 45.0 Å². The quantitative estimate of drug-likeness (QED) is 0.201. The van der Waals surface area contributed by atoms with Crippen LogP contribution in [0.15, 0.2) is 69.1 Å². The van der Waals surface area contributed by atoms with Crippen LogP contribution in [0, 0.1) is 25.2 Å². The Hall–Kier alpha value is -3.61. The molecule has 3 aromatic rings. The van der Waals surface area contributed by atoms with E-state index in [2.05, 4.69) is 42.5 Å². The number of nitriles is 1. The van der Waals surface area contributed by atoms with Crippen molar-refractivity contribution >= 4 is 61.1 Å². The van der Waals surface area contributed by atoms with E-state index in [0.29, 0.717) is 44.0 Å². The lowest BCUT2D eigenvalue weighted by atomic mass is 10.1. The molecule has 2 amide bonds. The number of carbonyl (C=O) groups excluding carboxylic acids is 2. The molecule has 0 aromatic heterocycles. The number of hydrogen-bond acceptors (Lipinski definition) is 5. The molecule has 190 valence electrons. The fraction of sp³-hybridized carbons (Fsp3) is 0.179. The van der Waals surface area contributed by atoms with Crippen LogP contribution in [0.1, 0.15) is 23.6 Å². The van der Waals surface area contributed by atoms with Crippen LogP contribution in [0.3, 0.4) is 0 Å². The second-order valence-corrected chi connectivity index (χ2v) is 9.74. The molecule has 0 bridgehead atoms. The van der Waals surface area contributed by atoms with E-state index in [4.69, 9.17) is 9.47 Å². The van der Waals surface area contributed by atoms with Gasteiger partial charge in [0.25, 0.3) is 11.8 Å². The Morgan fingerprint density at radius 1 is 0.919 bits per heavy atom. The predicted molar refractivity (Wildman–Crippen MR) is 152 cm³/mol. The number of anilines is 2. The van der Waals surface area contributed by atoms with Gasteiger partial charge < -0.3 is 20.1 Å². The van der Waals surface area contributed by atoms with Gasteiger partial charge >= 0.3 is 0 Å². The fourth-order valence-corrected chi connectivity index (χ4v) is 4.72. The molecule has 0 aliphatic rings. The van der Waals surface area contributed by atoms with Crippen LogP contribution in [0.2, 0.25) is 0 Å². The summed E-state index contributed by atoms with van der Waals surface area (Å²) in [7, 11) is 0. The van der Waals surface area contributed by atoms with E-state index in [-0.39, 0.29) is 18.1 Å². The van der Waals surface area contributed by atoms with E-state index in [1.54, 1.807) is 36.4 Å². The molecular formula is C28H25Br2N3O4. The minimum absolute atomic E-state index is 0.0749. The second-order valence-electron chi connectivity index (χ2n) is 8.03. The average Bonchev–Trinajstić information content (AvgIpc) is 2.85. The number of aryl methyl sites for hydroxylation is 2. The van der Waals surface area contributed by atoms with Crippen LogP contribution >= 0.6 is 31.9 Å². The summed E-state index contributed by atoms with van der Waals surface area (Å²) >= 11 is 6.89. The minimum Gasteiger partial charge on any atom is -0.494 e. The van der Waals surface area contributed by atoms with Gasteiger partial charge in [0.2, 0.25) is 0 Å². The topological polar surface area (TPSA) is 100 Å². The highest BCUT2D eigenvalue weighted by molar-refractivity contribution is 9.11. The number of benzene rings is 3. The number of carbonyl (C=O) groups is 2. The molecular weight excluding hydrogens is 602 g/mol. The van der Waals surface area contributed by atoms with Gasteiger partial charge in [0, 0.05) is 11.4 Å². The van der Waals surface area contributed by atoms with Gasteiger partial charge in [-0.25, -0.2) is 0 Å². The largest absolute Gasteiger partial charge is 0.494 e. The van der Waals surface area contributed by atoms with Gasteiger partial charge in [0.05, 0.1) is 15.6 Å². The molecule has 0 spiro atoms. The monoisotopic (exact) mass is 625 g/mol. The summed E-state index contributed by atoms with van der Waals surface area (Å²) in [5, 5.41) is 15.1. The Morgan fingerprint density at radius 2 is 1.57 bits per heavy atom. The lowest BCUT2D eigenvalue weighted by Crippen LogP contribution is -2.20. The van der Waals surface area contributed by atoms with Crippen LogP contribution in [0.5, 0.6) is 11.5 Å². The maximum absolute atomic E-state index is 12.6. The van der Waals surface area contributed by atoms with Gasteiger partial charge in [0.15, 0.2) is 6.61 Å². The zero-order chi connectivity index (χ0) is 26.9. The maximum atomic E-state index is 12.6. The summed E-state index contributed by atoms with van der Waals surface area (Å²) in [5.74, 6) is 0.270. The van der Waals surface area contributed by atoms with E-state index >= 15 is 0 Å². The van der Waals surface area contributed by atoms with E-state index in [9.17, 15) is 14.9 Å². The average molecular weight is 627 g/mol. The lowest BCUT2D eigenvalue weighted by molar-refractivity contribution is -0.118. The molecule has 0 saturated heterocycles. The molecule has 0 unspecified atom stereocenters. The van der Waals surface area contributed by atoms with Crippen molar-refractivity contribution in [2.24, 2.45) is 0 Å². The number of nitrogens with zero attached hydrogens (tertiary/aromatic N) is 1. The molecule has 0 aliphatic heterocycles. The first-order chi connectivity index (χ1) is 17.7. The SMILES string of the molecule is CCOc1ccc(NC(=O)/C(C#N)=C/c2cc(Br)c(OCC(=O)Nc3ccc(C)c(C)c3)c(Br)c2)cc1. The van der Waals surface area contributed by atoms with Gasteiger partial charge in [-0.05, 0) is 124 Å². The van der Waals surface area contributed by atoms with Crippen molar-refractivity contribution in [2.45, 2.75) is 20.8 Å². The van der Waals surface area contributed by atoms with Crippen LogP contribution in [-0.4, -0.2) is 25.0 Å². The summed E-state index contributed by atoms with van der Waals surface area (Å²) in [6.45, 7) is 6.22. The summed E-state index contributed by atoms with van der Waals surface area (Å²) in [5.41, 5.74) is 3.98. The van der Waals surface area contributed by atoms with Crippen LogP contribution in [0.4, 0.5) is 11.4 Å². The third kappa shape index (κ3) is 7.94. The first-order valence-electron chi connectivity index (χ1n) is 11.3. The first kappa shape index (κ1) is 28.0. The second kappa shape index (κ2) is 13.1. The third-order valence-corrected chi connectivity index (χ3v) is 6.44. The number of nitrogens with one attached hydrogen (secondary N) is 2. The number of hydrogen-bond donors (Lipinski definition) is 2. The van der Waals surface area contributed by atoms with Crippen molar-refractivity contribution < 1.29 is 19.1 Å². The molecule has 9 heteroatoms. The molecule has 37 heavy (non-hydrogen) atoms. The molecule has 0 fully saturated rings. The van der Waals surface area contributed by atoms with Gasteiger partial charge in [-0.1, -0.05) is 6.07 Å². The molecule has 0 heterocycles. The standard InChI is InChI=1S/C28H25Br2N3O4/c1-4-36-23-9-7-21(8-10-23)33-28(35)20(15-31)12-19-13-24(29)27(25(30)14-19)37-16-26(34)32-22-6-5-17(2)18(3)11-22/h5-14H,4,16H2,1-3H3,(H,32,34)(H,33,35)/b20-12+. The van der Waals surface area contributed by atoms with Crippen molar-refractivity contribution in [3.8, 4) is 17.6 Å². The summed E-state index contributed by atoms with van der Waals surface area (Å²) < 4.78 is 12.2. The summed E-state index contributed by atoms with van der Waals surface area (Å²) in [6, 6.07) is 17.9. The number of amides is 2. The normalized spacial score (nSPS) is 10.9. The molecule has 0 atom stereocenters. The summed E-state index contributed by atoms with van der Waals surface area (Å²) in [6.07, 6.45) is 1.47. The maximum Gasteiger partial charge on any atom is 0.266 e. The number of ether oxygens (including phenoxy) is 2. The smallest absolute Gasteiger partial charge is 0.266 e. The van der Waals surface area contributed by atoms with E-state index in [0.717, 1.165) is 11.1 Å². The van der Waals surface area contributed by atoms with Gasteiger partial charge in [-0.3, -0.25) is 9.59 Å². The highest BCUT2D eigenvalue weighted by atomic mass is 79.9. The van der Waals surface area contributed by atoms with Crippen molar-refractivity contribution in [3.63, 3.8) is 0 Å². The van der Waals surface area contributed by atoms with Crippen molar-refractivity contribution in [1.82, 2.24) is 0 Å². The van der Waals surface area contributed by atoms with Gasteiger partial charge in [-0.2, -0.15) is 5.26 Å². The Bertz CT molecular complexity index is 1360. The molecule has 0 saturated carbocycles. The van der Waals surface area contributed by atoms with E-state index in [1.165, 1.54) is 6.08 Å². The first-order valence-corrected chi connectivity index (χ1v) is 12.9.